The number of nitrogens with zero attached hydrogens (tertiary/aromatic N) is 1. The van der Waals surface area contributed by atoms with Crippen molar-refractivity contribution in [1.29, 1.82) is 0 Å². The lowest BCUT2D eigenvalue weighted by atomic mass is 9.66. The first kappa shape index (κ1) is 16.7. The minimum atomic E-state index is -0.814. The van der Waals surface area contributed by atoms with Crippen molar-refractivity contribution in [3.63, 3.8) is 0 Å². The van der Waals surface area contributed by atoms with E-state index in [0.717, 1.165) is 12.8 Å². The lowest BCUT2D eigenvalue weighted by molar-refractivity contribution is -0.159. The van der Waals surface area contributed by atoms with E-state index in [1.807, 2.05) is 0 Å². The van der Waals surface area contributed by atoms with Gasteiger partial charge in [0.05, 0.1) is 5.41 Å². The molecule has 4 nitrogen and oxygen atoms in total. The summed E-state index contributed by atoms with van der Waals surface area (Å²) in [4.78, 5) is 25.7. The molecule has 0 atom stereocenters. The summed E-state index contributed by atoms with van der Waals surface area (Å²) in [6, 6.07) is 6.53. The quantitative estimate of drug-likeness (QED) is 0.920. The lowest BCUT2D eigenvalue weighted by Gasteiger charge is -2.39. The Labute approximate surface area is 143 Å². The maximum absolute atomic E-state index is 12.5. The second-order valence-electron chi connectivity index (χ2n) is 7.31. The number of hydrogen-bond donors (Lipinski definition) is 1. The topological polar surface area (TPSA) is 57.6 Å². The molecule has 0 saturated heterocycles. The highest BCUT2D eigenvalue weighted by Crippen LogP contribution is 2.44. The first-order chi connectivity index (χ1) is 11.4. The predicted molar refractivity (Wildman–Crippen MR) is 93.6 cm³/mol. The Bertz CT molecular complexity index is 681. The summed E-state index contributed by atoms with van der Waals surface area (Å²) in [6.45, 7) is 5.45. The van der Waals surface area contributed by atoms with Gasteiger partial charge in [-0.1, -0.05) is 41.8 Å². The van der Waals surface area contributed by atoms with Gasteiger partial charge in [-0.05, 0) is 44.2 Å². The average molecular weight is 327 g/mol. The highest BCUT2D eigenvalue weighted by molar-refractivity contribution is 5.86. The Morgan fingerprint density at radius 3 is 2.29 bits per heavy atom. The van der Waals surface area contributed by atoms with Crippen LogP contribution < -0.4 is 0 Å². The number of rotatable bonds is 4. The Balaban J connectivity index is 1.66. The number of hydrogen-bond acceptors (Lipinski definition) is 2. The molecule has 1 amide bonds. The molecular weight excluding hydrogens is 302 g/mol. The van der Waals surface area contributed by atoms with Crippen LogP contribution in [0.15, 0.2) is 24.3 Å². The standard InChI is InChI=1S/C20H25NO3/c1-14-10-15(2)12-17(11-14)16-4-8-21(9-5-16)18(22)13-20(19(23)24)6-3-7-20/h4,10-12H,3,5-9,13H2,1-2H3,(H,23,24). The molecule has 128 valence electrons. The number of benzene rings is 1. The molecule has 24 heavy (non-hydrogen) atoms. The normalized spacial score (nSPS) is 19.4. The molecule has 0 aromatic heterocycles. The van der Waals surface area contributed by atoms with Crippen LogP contribution >= 0.6 is 0 Å². The SMILES string of the molecule is Cc1cc(C)cc(C2=CCN(C(=O)CC3(C(=O)O)CCC3)CC2)c1. The van der Waals surface area contributed by atoms with Crippen LogP contribution in [-0.4, -0.2) is 35.0 Å². The van der Waals surface area contributed by atoms with Gasteiger partial charge in [0.15, 0.2) is 0 Å². The van der Waals surface area contributed by atoms with Crippen molar-refractivity contribution in [1.82, 2.24) is 4.90 Å². The van der Waals surface area contributed by atoms with Crippen LogP contribution in [0.25, 0.3) is 5.57 Å². The molecule has 1 aliphatic carbocycles. The van der Waals surface area contributed by atoms with Crippen molar-refractivity contribution in [2.45, 2.75) is 46.0 Å². The summed E-state index contributed by atoms with van der Waals surface area (Å²) >= 11 is 0. The molecule has 0 spiro atoms. The summed E-state index contributed by atoms with van der Waals surface area (Å²) in [5.41, 5.74) is 4.22. The number of carboxylic acid groups (broad SMARTS) is 1. The molecule has 0 unspecified atom stereocenters. The van der Waals surface area contributed by atoms with Crippen molar-refractivity contribution >= 4 is 17.4 Å². The van der Waals surface area contributed by atoms with Gasteiger partial charge in [0.1, 0.15) is 0 Å². The molecule has 1 aromatic rings. The van der Waals surface area contributed by atoms with E-state index in [4.69, 9.17) is 0 Å². The van der Waals surface area contributed by atoms with E-state index in [-0.39, 0.29) is 12.3 Å². The molecule has 0 radical (unpaired) electrons. The van der Waals surface area contributed by atoms with Gasteiger partial charge in [-0.15, -0.1) is 0 Å². The van der Waals surface area contributed by atoms with Crippen LogP contribution in [0.1, 0.15) is 48.8 Å². The van der Waals surface area contributed by atoms with E-state index < -0.39 is 11.4 Å². The highest BCUT2D eigenvalue weighted by Gasteiger charge is 2.46. The highest BCUT2D eigenvalue weighted by atomic mass is 16.4. The molecule has 1 saturated carbocycles. The molecule has 4 heteroatoms. The zero-order valence-corrected chi connectivity index (χ0v) is 14.5. The number of aryl methyl sites for hydroxylation is 2. The molecule has 1 aliphatic heterocycles. The van der Waals surface area contributed by atoms with Crippen LogP contribution in [0, 0.1) is 19.3 Å². The molecule has 1 heterocycles. The smallest absolute Gasteiger partial charge is 0.310 e. The Morgan fingerprint density at radius 2 is 1.83 bits per heavy atom. The Morgan fingerprint density at radius 1 is 1.17 bits per heavy atom. The van der Waals surface area contributed by atoms with Crippen LogP contribution in [0.5, 0.6) is 0 Å². The van der Waals surface area contributed by atoms with Gasteiger partial charge in [-0.2, -0.15) is 0 Å². The number of carbonyl (C=O) groups excluding carboxylic acids is 1. The lowest BCUT2D eigenvalue weighted by Crippen LogP contribution is -2.44. The first-order valence-corrected chi connectivity index (χ1v) is 8.68. The second-order valence-corrected chi connectivity index (χ2v) is 7.31. The Hall–Kier alpha value is -2.10. The first-order valence-electron chi connectivity index (χ1n) is 8.68. The fraction of sp³-hybridized carbons (Fsp3) is 0.500. The van der Waals surface area contributed by atoms with Crippen LogP contribution in [0.3, 0.4) is 0 Å². The number of carboxylic acids is 1. The average Bonchev–Trinajstić information content (AvgIpc) is 2.49. The number of carbonyl (C=O) groups is 2. The molecule has 2 aliphatic rings. The van der Waals surface area contributed by atoms with E-state index in [1.165, 1.54) is 22.3 Å². The van der Waals surface area contributed by atoms with E-state index in [9.17, 15) is 14.7 Å². The fourth-order valence-corrected chi connectivity index (χ4v) is 3.79. The predicted octanol–water partition coefficient (Wildman–Crippen LogP) is 3.56. The minimum absolute atomic E-state index is 0.0205. The molecule has 1 N–H and O–H groups in total. The number of amides is 1. The summed E-state index contributed by atoms with van der Waals surface area (Å²) in [6.07, 6.45) is 5.26. The van der Waals surface area contributed by atoms with Crippen molar-refractivity contribution < 1.29 is 14.7 Å². The molecule has 0 bridgehead atoms. The third-order valence-electron chi connectivity index (χ3n) is 5.41. The summed E-state index contributed by atoms with van der Waals surface area (Å²) in [5, 5.41) is 9.39. The van der Waals surface area contributed by atoms with Crippen LogP contribution in [0.4, 0.5) is 0 Å². The maximum Gasteiger partial charge on any atom is 0.310 e. The van der Waals surface area contributed by atoms with E-state index >= 15 is 0 Å². The zero-order chi connectivity index (χ0) is 17.3. The van der Waals surface area contributed by atoms with E-state index in [0.29, 0.717) is 25.9 Å². The second kappa shape index (κ2) is 6.42. The number of aliphatic carboxylic acids is 1. The largest absolute Gasteiger partial charge is 0.481 e. The summed E-state index contributed by atoms with van der Waals surface area (Å²) in [5.74, 6) is -0.835. The summed E-state index contributed by atoms with van der Waals surface area (Å²) < 4.78 is 0. The summed E-state index contributed by atoms with van der Waals surface area (Å²) in [7, 11) is 0. The zero-order valence-electron chi connectivity index (χ0n) is 14.5. The minimum Gasteiger partial charge on any atom is -0.481 e. The van der Waals surface area contributed by atoms with Gasteiger partial charge in [0, 0.05) is 19.5 Å². The monoisotopic (exact) mass is 327 g/mol. The molecule has 1 aromatic carbocycles. The van der Waals surface area contributed by atoms with E-state index in [2.05, 4.69) is 38.1 Å². The van der Waals surface area contributed by atoms with Gasteiger partial charge < -0.3 is 10.0 Å². The van der Waals surface area contributed by atoms with Gasteiger partial charge in [0.25, 0.3) is 0 Å². The van der Waals surface area contributed by atoms with Gasteiger partial charge in [0.2, 0.25) is 5.91 Å². The van der Waals surface area contributed by atoms with Crippen molar-refractivity contribution in [2.24, 2.45) is 5.41 Å². The molecule has 3 rings (SSSR count). The van der Waals surface area contributed by atoms with Crippen LogP contribution in [-0.2, 0) is 9.59 Å². The van der Waals surface area contributed by atoms with Crippen LogP contribution in [0.2, 0.25) is 0 Å². The fourth-order valence-electron chi connectivity index (χ4n) is 3.79. The Kier molecular flexibility index (Phi) is 4.48. The third kappa shape index (κ3) is 3.23. The third-order valence-corrected chi connectivity index (χ3v) is 5.41. The van der Waals surface area contributed by atoms with Gasteiger partial charge >= 0.3 is 5.97 Å². The molecule has 1 fully saturated rings. The van der Waals surface area contributed by atoms with Crippen molar-refractivity contribution in [3.8, 4) is 0 Å². The van der Waals surface area contributed by atoms with Crippen molar-refractivity contribution in [2.75, 3.05) is 13.1 Å². The van der Waals surface area contributed by atoms with E-state index in [1.54, 1.807) is 4.90 Å². The van der Waals surface area contributed by atoms with Gasteiger partial charge in [-0.3, -0.25) is 9.59 Å². The molecular formula is C20H25NO3. The maximum atomic E-state index is 12.5. The van der Waals surface area contributed by atoms with Crippen molar-refractivity contribution in [3.05, 3.63) is 41.0 Å². The van der Waals surface area contributed by atoms with Gasteiger partial charge in [-0.25, -0.2) is 0 Å².